The molecular weight excluding hydrogens is 422 g/mol. The number of benzene rings is 2. The smallest absolute Gasteiger partial charge is 0.321 e. The molecule has 1 heterocycles. The lowest BCUT2D eigenvalue weighted by atomic mass is 10.1. The highest BCUT2D eigenvalue weighted by Crippen LogP contribution is 2.30. The highest BCUT2D eigenvalue weighted by molar-refractivity contribution is 9.10. The van der Waals surface area contributed by atoms with Crippen LogP contribution in [0, 0.1) is 6.92 Å². The van der Waals surface area contributed by atoms with Crippen LogP contribution in [0.5, 0.6) is 5.75 Å². The molecule has 148 valence electrons. The molecule has 2 aromatic carbocycles. The molecular formula is C21H24BrN3O3. The maximum atomic E-state index is 12.5. The number of anilines is 2. The molecule has 0 radical (unpaired) electrons. The molecule has 3 rings (SSSR count). The van der Waals surface area contributed by atoms with E-state index in [0.717, 1.165) is 31.5 Å². The third kappa shape index (κ3) is 5.04. The van der Waals surface area contributed by atoms with Gasteiger partial charge in [-0.05, 0) is 77.7 Å². The summed E-state index contributed by atoms with van der Waals surface area (Å²) in [7, 11) is 0. The van der Waals surface area contributed by atoms with Crippen molar-refractivity contribution in [1.82, 2.24) is 4.90 Å². The van der Waals surface area contributed by atoms with Gasteiger partial charge in [0.25, 0.3) is 5.91 Å². The van der Waals surface area contributed by atoms with Gasteiger partial charge in [-0.1, -0.05) is 12.8 Å². The van der Waals surface area contributed by atoms with Gasteiger partial charge in [-0.25, -0.2) is 4.79 Å². The second-order valence-electron chi connectivity index (χ2n) is 7.01. The Morgan fingerprint density at radius 3 is 2.14 bits per heavy atom. The van der Waals surface area contributed by atoms with Crippen molar-refractivity contribution in [2.45, 2.75) is 32.6 Å². The van der Waals surface area contributed by atoms with Crippen LogP contribution in [-0.4, -0.2) is 35.0 Å². The zero-order valence-corrected chi connectivity index (χ0v) is 17.4. The molecule has 6 nitrogen and oxygen atoms in total. The fourth-order valence-corrected chi connectivity index (χ4v) is 3.79. The quantitative estimate of drug-likeness (QED) is 0.612. The standard InChI is InChI=1S/C21H24BrN3O3/c1-14-12-17(19(26)18(22)13-14)20(27)23-15-6-8-16(9-7-15)24-21(28)25-10-4-2-3-5-11-25/h6-9,12-13,26H,2-5,10-11H2,1H3,(H,23,27)(H,24,28). The van der Waals surface area contributed by atoms with E-state index in [1.54, 1.807) is 36.4 Å². The van der Waals surface area contributed by atoms with E-state index in [0.29, 0.717) is 15.8 Å². The summed E-state index contributed by atoms with van der Waals surface area (Å²) in [4.78, 5) is 26.7. The van der Waals surface area contributed by atoms with Crippen LogP contribution in [-0.2, 0) is 0 Å². The van der Waals surface area contributed by atoms with Crippen LogP contribution < -0.4 is 10.6 Å². The Hall–Kier alpha value is -2.54. The van der Waals surface area contributed by atoms with Crippen LogP contribution >= 0.6 is 15.9 Å². The minimum absolute atomic E-state index is 0.0896. The van der Waals surface area contributed by atoms with E-state index in [-0.39, 0.29) is 17.3 Å². The van der Waals surface area contributed by atoms with Gasteiger partial charge < -0.3 is 20.6 Å². The van der Waals surface area contributed by atoms with Crippen molar-refractivity contribution in [3.8, 4) is 5.75 Å². The van der Waals surface area contributed by atoms with E-state index in [9.17, 15) is 14.7 Å². The molecule has 1 aliphatic rings. The van der Waals surface area contributed by atoms with Crippen molar-refractivity contribution in [1.29, 1.82) is 0 Å². The fraction of sp³-hybridized carbons (Fsp3) is 0.333. The third-order valence-corrected chi connectivity index (χ3v) is 5.34. The largest absolute Gasteiger partial charge is 0.506 e. The molecule has 0 spiro atoms. The lowest BCUT2D eigenvalue weighted by Crippen LogP contribution is -2.35. The number of phenolic OH excluding ortho intramolecular Hbond substituents is 1. The molecule has 1 saturated heterocycles. The Balaban J connectivity index is 1.63. The number of likely N-dealkylation sites (tertiary alicyclic amines) is 1. The van der Waals surface area contributed by atoms with Gasteiger partial charge in [-0.2, -0.15) is 0 Å². The van der Waals surface area contributed by atoms with E-state index in [4.69, 9.17) is 0 Å². The van der Waals surface area contributed by atoms with E-state index < -0.39 is 5.91 Å². The summed E-state index contributed by atoms with van der Waals surface area (Å²) >= 11 is 3.25. The summed E-state index contributed by atoms with van der Waals surface area (Å²) in [5, 5.41) is 15.8. The second-order valence-corrected chi connectivity index (χ2v) is 7.86. The molecule has 0 unspecified atom stereocenters. The number of carbonyl (C=O) groups excluding carboxylic acids is 2. The van der Waals surface area contributed by atoms with Gasteiger partial charge in [0.15, 0.2) is 0 Å². The number of rotatable bonds is 3. The van der Waals surface area contributed by atoms with E-state index >= 15 is 0 Å². The number of hydrogen-bond donors (Lipinski definition) is 3. The minimum atomic E-state index is -0.400. The number of aromatic hydroxyl groups is 1. The third-order valence-electron chi connectivity index (χ3n) is 4.74. The summed E-state index contributed by atoms with van der Waals surface area (Å²) in [5.41, 5.74) is 2.31. The summed E-state index contributed by atoms with van der Waals surface area (Å²) in [6, 6.07) is 10.2. The molecule has 0 aromatic heterocycles. The highest BCUT2D eigenvalue weighted by atomic mass is 79.9. The van der Waals surface area contributed by atoms with E-state index in [1.165, 1.54) is 12.8 Å². The first-order valence-electron chi connectivity index (χ1n) is 9.40. The molecule has 2 aromatic rings. The Bertz CT molecular complexity index is 860. The molecule has 0 saturated carbocycles. The Labute approximate surface area is 173 Å². The fourth-order valence-electron chi connectivity index (χ4n) is 3.22. The zero-order chi connectivity index (χ0) is 20.1. The van der Waals surface area contributed by atoms with Gasteiger partial charge >= 0.3 is 6.03 Å². The predicted octanol–water partition coefficient (Wildman–Crippen LogP) is 5.12. The molecule has 0 aliphatic carbocycles. The van der Waals surface area contributed by atoms with Gasteiger partial charge in [0, 0.05) is 24.5 Å². The summed E-state index contributed by atoms with van der Waals surface area (Å²) < 4.78 is 0.476. The molecule has 28 heavy (non-hydrogen) atoms. The van der Waals surface area contributed by atoms with Crippen molar-refractivity contribution in [2.75, 3.05) is 23.7 Å². The maximum absolute atomic E-state index is 12.5. The normalized spacial score (nSPS) is 14.3. The molecule has 3 amide bonds. The minimum Gasteiger partial charge on any atom is -0.506 e. The molecule has 0 atom stereocenters. The van der Waals surface area contributed by atoms with Crippen molar-refractivity contribution < 1.29 is 14.7 Å². The number of urea groups is 1. The SMILES string of the molecule is Cc1cc(Br)c(O)c(C(=O)Nc2ccc(NC(=O)N3CCCCCC3)cc2)c1. The van der Waals surface area contributed by atoms with Crippen LogP contribution in [0.25, 0.3) is 0 Å². The number of nitrogens with zero attached hydrogens (tertiary/aromatic N) is 1. The first-order valence-corrected chi connectivity index (χ1v) is 10.2. The summed E-state index contributed by atoms with van der Waals surface area (Å²) in [6.45, 7) is 3.42. The molecule has 0 bridgehead atoms. The van der Waals surface area contributed by atoms with E-state index in [2.05, 4.69) is 26.6 Å². The Kier molecular flexibility index (Phi) is 6.57. The van der Waals surface area contributed by atoms with Gasteiger partial charge in [-0.3, -0.25) is 4.79 Å². The van der Waals surface area contributed by atoms with Crippen LogP contribution in [0.3, 0.4) is 0 Å². The van der Waals surface area contributed by atoms with Crippen LogP contribution in [0.2, 0.25) is 0 Å². The summed E-state index contributed by atoms with van der Waals surface area (Å²) in [5.74, 6) is -0.493. The molecule has 7 heteroatoms. The predicted molar refractivity (Wildman–Crippen MR) is 114 cm³/mol. The lowest BCUT2D eigenvalue weighted by molar-refractivity contribution is 0.102. The molecule has 1 aliphatic heterocycles. The second kappa shape index (κ2) is 9.10. The van der Waals surface area contributed by atoms with Gasteiger partial charge in [0.1, 0.15) is 5.75 Å². The first kappa shape index (κ1) is 20.2. The topological polar surface area (TPSA) is 81.7 Å². The average Bonchev–Trinajstić information content (AvgIpc) is 2.95. The number of carbonyl (C=O) groups is 2. The number of halogens is 1. The maximum Gasteiger partial charge on any atom is 0.321 e. The summed E-state index contributed by atoms with van der Waals surface area (Å²) in [6.07, 6.45) is 4.43. The zero-order valence-electron chi connectivity index (χ0n) is 15.8. The van der Waals surface area contributed by atoms with Gasteiger partial charge in [0.05, 0.1) is 10.0 Å². The Morgan fingerprint density at radius 1 is 0.964 bits per heavy atom. The number of hydrogen-bond acceptors (Lipinski definition) is 3. The number of amides is 3. The monoisotopic (exact) mass is 445 g/mol. The van der Waals surface area contributed by atoms with Crippen molar-refractivity contribution >= 4 is 39.2 Å². The highest BCUT2D eigenvalue weighted by Gasteiger charge is 2.16. The van der Waals surface area contributed by atoms with Gasteiger partial charge in [-0.15, -0.1) is 0 Å². The first-order chi connectivity index (χ1) is 13.4. The van der Waals surface area contributed by atoms with Crippen molar-refractivity contribution in [3.63, 3.8) is 0 Å². The number of nitrogens with one attached hydrogen (secondary N) is 2. The van der Waals surface area contributed by atoms with E-state index in [1.807, 2.05) is 11.8 Å². The molecule has 1 fully saturated rings. The van der Waals surface area contributed by atoms with Crippen LogP contribution in [0.1, 0.15) is 41.6 Å². The lowest BCUT2D eigenvalue weighted by Gasteiger charge is -2.20. The van der Waals surface area contributed by atoms with Crippen molar-refractivity contribution in [2.24, 2.45) is 0 Å². The Morgan fingerprint density at radius 2 is 1.54 bits per heavy atom. The van der Waals surface area contributed by atoms with Crippen LogP contribution in [0.4, 0.5) is 16.2 Å². The molecule has 3 N–H and O–H groups in total. The average molecular weight is 446 g/mol. The van der Waals surface area contributed by atoms with Crippen LogP contribution in [0.15, 0.2) is 40.9 Å². The van der Waals surface area contributed by atoms with Gasteiger partial charge in [0.2, 0.25) is 0 Å². The van der Waals surface area contributed by atoms with Crippen molar-refractivity contribution in [3.05, 3.63) is 52.0 Å². The number of phenols is 1. The number of aryl methyl sites for hydroxylation is 1.